The van der Waals surface area contributed by atoms with Crippen LogP contribution in [0.3, 0.4) is 0 Å². The maximum absolute atomic E-state index is 6.29. The van der Waals surface area contributed by atoms with Gasteiger partial charge in [-0.1, -0.05) is 26.2 Å². The van der Waals surface area contributed by atoms with Gasteiger partial charge < -0.3 is 14.6 Å². The summed E-state index contributed by atoms with van der Waals surface area (Å²) in [7, 11) is 2.07. The first kappa shape index (κ1) is 15.5. The van der Waals surface area contributed by atoms with Crippen LogP contribution in [0.1, 0.15) is 64.2 Å². The quantitative estimate of drug-likeness (QED) is 0.833. The van der Waals surface area contributed by atoms with Gasteiger partial charge in [-0.2, -0.15) is 0 Å². The molecule has 1 unspecified atom stereocenters. The van der Waals surface area contributed by atoms with Gasteiger partial charge in [0.05, 0.1) is 11.6 Å². The lowest BCUT2D eigenvalue weighted by atomic mass is 9.78. The van der Waals surface area contributed by atoms with Crippen molar-refractivity contribution in [3.63, 3.8) is 0 Å². The van der Waals surface area contributed by atoms with Crippen LogP contribution in [0.5, 0.6) is 0 Å². The van der Waals surface area contributed by atoms with E-state index in [1.807, 2.05) is 12.4 Å². The highest BCUT2D eigenvalue weighted by Crippen LogP contribution is 2.41. The van der Waals surface area contributed by atoms with Crippen molar-refractivity contribution in [3.8, 4) is 0 Å². The fourth-order valence-corrected chi connectivity index (χ4v) is 3.41. The number of ether oxygens (including phenoxy) is 1. The second-order valence-electron chi connectivity index (χ2n) is 5.84. The Bertz CT molecular complexity index is 391. The number of hydrogen-bond acceptors (Lipinski definition) is 3. The van der Waals surface area contributed by atoms with Gasteiger partial charge in [0.1, 0.15) is 5.82 Å². The van der Waals surface area contributed by atoms with Crippen LogP contribution in [0.15, 0.2) is 12.4 Å². The molecule has 1 aliphatic carbocycles. The molecule has 2 rings (SSSR count). The average Bonchev–Trinajstić information content (AvgIpc) is 2.87. The number of aryl methyl sites for hydroxylation is 1. The van der Waals surface area contributed by atoms with E-state index in [0.29, 0.717) is 0 Å². The van der Waals surface area contributed by atoms with E-state index in [-0.39, 0.29) is 11.6 Å². The summed E-state index contributed by atoms with van der Waals surface area (Å²) in [5, 5.41) is 3.70. The highest BCUT2D eigenvalue weighted by molar-refractivity contribution is 5.09. The van der Waals surface area contributed by atoms with E-state index >= 15 is 0 Å². The molecule has 1 N–H and O–H groups in total. The van der Waals surface area contributed by atoms with Gasteiger partial charge in [0.2, 0.25) is 0 Å². The van der Waals surface area contributed by atoms with Gasteiger partial charge >= 0.3 is 0 Å². The van der Waals surface area contributed by atoms with Crippen molar-refractivity contribution < 1.29 is 4.74 Å². The molecule has 0 amide bonds. The third-order valence-corrected chi connectivity index (χ3v) is 4.37. The van der Waals surface area contributed by atoms with E-state index in [4.69, 9.17) is 4.74 Å². The van der Waals surface area contributed by atoms with Crippen molar-refractivity contribution in [1.82, 2.24) is 14.9 Å². The lowest BCUT2D eigenvalue weighted by Crippen LogP contribution is -2.48. The molecule has 0 aromatic carbocycles. The fourth-order valence-electron chi connectivity index (χ4n) is 3.41. The summed E-state index contributed by atoms with van der Waals surface area (Å²) >= 11 is 0. The summed E-state index contributed by atoms with van der Waals surface area (Å²) < 4.78 is 8.42. The minimum Gasteiger partial charge on any atom is -0.373 e. The highest BCUT2D eigenvalue weighted by atomic mass is 16.5. The van der Waals surface area contributed by atoms with Gasteiger partial charge in [0, 0.05) is 26.0 Å². The van der Waals surface area contributed by atoms with Crippen LogP contribution in [0.25, 0.3) is 0 Å². The summed E-state index contributed by atoms with van der Waals surface area (Å²) in [5.41, 5.74) is -0.0821. The minimum atomic E-state index is -0.0821. The van der Waals surface area contributed by atoms with Crippen LogP contribution in [0.2, 0.25) is 0 Å². The SMILES string of the molecule is CCCNC(c1nccn1C)C1(OCC)CCCCC1. The average molecular weight is 279 g/mol. The van der Waals surface area contributed by atoms with E-state index in [9.17, 15) is 0 Å². The fraction of sp³-hybridized carbons (Fsp3) is 0.812. The molecule has 4 nitrogen and oxygen atoms in total. The molecule has 0 spiro atoms. The van der Waals surface area contributed by atoms with E-state index in [1.54, 1.807) is 0 Å². The van der Waals surface area contributed by atoms with Crippen molar-refractivity contribution in [3.05, 3.63) is 18.2 Å². The number of nitrogens with zero attached hydrogens (tertiary/aromatic N) is 2. The number of aromatic nitrogens is 2. The van der Waals surface area contributed by atoms with Gasteiger partial charge in [-0.25, -0.2) is 4.98 Å². The zero-order valence-corrected chi connectivity index (χ0v) is 13.2. The summed E-state index contributed by atoms with van der Waals surface area (Å²) in [6.07, 6.45) is 11.2. The third-order valence-electron chi connectivity index (χ3n) is 4.37. The summed E-state index contributed by atoms with van der Waals surface area (Å²) in [4.78, 5) is 4.59. The molecule has 1 fully saturated rings. The smallest absolute Gasteiger partial charge is 0.128 e. The Hall–Kier alpha value is -0.870. The molecule has 1 atom stereocenters. The van der Waals surface area contributed by atoms with Crippen LogP contribution in [-0.2, 0) is 11.8 Å². The Morgan fingerprint density at radius 2 is 2.10 bits per heavy atom. The van der Waals surface area contributed by atoms with Crippen molar-refractivity contribution in [2.75, 3.05) is 13.2 Å². The first-order valence-electron chi connectivity index (χ1n) is 8.08. The molecular formula is C16H29N3O. The zero-order valence-electron chi connectivity index (χ0n) is 13.2. The van der Waals surface area contributed by atoms with Crippen LogP contribution in [-0.4, -0.2) is 28.3 Å². The van der Waals surface area contributed by atoms with Crippen LogP contribution in [0.4, 0.5) is 0 Å². The Kier molecular flexibility index (Phi) is 5.61. The van der Waals surface area contributed by atoms with E-state index in [0.717, 1.165) is 38.2 Å². The van der Waals surface area contributed by atoms with Crippen molar-refractivity contribution in [2.45, 2.75) is 64.0 Å². The largest absolute Gasteiger partial charge is 0.373 e. The van der Waals surface area contributed by atoms with Gasteiger partial charge in [0.15, 0.2) is 0 Å². The van der Waals surface area contributed by atoms with Gasteiger partial charge in [-0.15, -0.1) is 0 Å². The molecule has 0 bridgehead atoms. The summed E-state index contributed by atoms with van der Waals surface area (Å²) in [5.74, 6) is 1.11. The van der Waals surface area contributed by atoms with E-state index < -0.39 is 0 Å². The zero-order chi connectivity index (χ0) is 14.4. The molecule has 0 aliphatic heterocycles. The maximum Gasteiger partial charge on any atom is 0.128 e. The second-order valence-corrected chi connectivity index (χ2v) is 5.84. The second kappa shape index (κ2) is 7.23. The molecule has 1 aromatic rings. The van der Waals surface area contributed by atoms with E-state index in [2.05, 4.69) is 35.8 Å². The van der Waals surface area contributed by atoms with Crippen LogP contribution in [0, 0.1) is 0 Å². The molecule has 114 valence electrons. The third kappa shape index (κ3) is 3.23. The van der Waals surface area contributed by atoms with Gasteiger partial charge in [0.25, 0.3) is 0 Å². The first-order chi connectivity index (χ1) is 9.73. The Labute approximate surface area is 122 Å². The number of nitrogens with one attached hydrogen (secondary N) is 1. The van der Waals surface area contributed by atoms with Crippen molar-refractivity contribution >= 4 is 0 Å². The number of rotatable bonds is 7. The topological polar surface area (TPSA) is 39.1 Å². The van der Waals surface area contributed by atoms with Crippen molar-refractivity contribution in [2.24, 2.45) is 7.05 Å². The molecule has 0 radical (unpaired) electrons. The van der Waals surface area contributed by atoms with Crippen LogP contribution >= 0.6 is 0 Å². The maximum atomic E-state index is 6.29. The predicted octanol–water partition coefficient (Wildman–Crippen LogP) is 3.20. The highest BCUT2D eigenvalue weighted by Gasteiger charge is 2.42. The lowest BCUT2D eigenvalue weighted by Gasteiger charge is -2.43. The Balaban J connectivity index is 2.29. The number of imidazole rings is 1. The first-order valence-corrected chi connectivity index (χ1v) is 8.08. The van der Waals surface area contributed by atoms with E-state index in [1.165, 1.54) is 19.3 Å². The minimum absolute atomic E-state index is 0.0821. The van der Waals surface area contributed by atoms with Crippen LogP contribution < -0.4 is 5.32 Å². The molecule has 1 aliphatic rings. The molecule has 0 saturated heterocycles. The molecule has 20 heavy (non-hydrogen) atoms. The molecule has 1 heterocycles. The lowest BCUT2D eigenvalue weighted by molar-refractivity contribution is -0.0934. The van der Waals surface area contributed by atoms with Crippen molar-refractivity contribution in [1.29, 1.82) is 0 Å². The monoisotopic (exact) mass is 279 g/mol. The summed E-state index contributed by atoms with van der Waals surface area (Å²) in [6, 6.07) is 0.197. The Morgan fingerprint density at radius 1 is 1.35 bits per heavy atom. The molecular weight excluding hydrogens is 250 g/mol. The standard InChI is InChI=1S/C16H29N3O/c1-4-11-17-14(15-18-12-13-19(15)3)16(20-5-2)9-7-6-8-10-16/h12-14,17H,4-11H2,1-3H3. The molecule has 1 aromatic heterocycles. The molecule has 1 saturated carbocycles. The van der Waals surface area contributed by atoms with Gasteiger partial charge in [-0.3, -0.25) is 0 Å². The Morgan fingerprint density at radius 3 is 2.65 bits per heavy atom. The van der Waals surface area contributed by atoms with Gasteiger partial charge in [-0.05, 0) is 32.7 Å². The molecule has 4 heteroatoms. The predicted molar refractivity (Wildman–Crippen MR) is 81.7 cm³/mol. The summed E-state index contributed by atoms with van der Waals surface area (Å²) in [6.45, 7) is 6.09. The number of hydrogen-bond donors (Lipinski definition) is 1. The normalized spacial score (nSPS) is 19.9.